The topological polar surface area (TPSA) is 15.3 Å². The third kappa shape index (κ3) is 3.51. The van der Waals surface area contributed by atoms with Crippen LogP contribution in [0.2, 0.25) is 0 Å². The second-order valence-electron chi connectivity index (χ2n) is 5.46. The maximum Gasteiger partial charge on any atom is 0.132 e. The second kappa shape index (κ2) is 7.16. The molecule has 0 aliphatic carbocycles. The number of halogens is 1. The molecule has 0 amide bonds. The van der Waals surface area contributed by atoms with Crippen LogP contribution in [-0.4, -0.2) is 24.5 Å². The van der Waals surface area contributed by atoms with Crippen molar-refractivity contribution in [1.82, 2.24) is 10.2 Å². The molecule has 2 rings (SSSR count). The molecule has 21 heavy (non-hydrogen) atoms. The van der Waals surface area contributed by atoms with Crippen LogP contribution in [-0.2, 0) is 13.1 Å². The standard InChI is InChI=1S/C17H23FN2S/c1-5-9-20(12(2)3)11-13-16(10-19-4)21-15-8-6-7-14(18)17(13)15/h5-8,12,19H,1,9-11H2,2-4H3. The van der Waals surface area contributed by atoms with E-state index in [4.69, 9.17) is 0 Å². The molecule has 1 N–H and O–H groups in total. The Morgan fingerprint density at radius 1 is 1.43 bits per heavy atom. The van der Waals surface area contributed by atoms with Gasteiger partial charge in [0.2, 0.25) is 0 Å². The van der Waals surface area contributed by atoms with E-state index in [1.807, 2.05) is 19.2 Å². The minimum absolute atomic E-state index is 0.122. The Balaban J connectivity index is 2.48. The number of fused-ring (bicyclic) bond motifs is 1. The van der Waals surface area contributed by atoms with E-state index in [0.717, 1.165) is 35.3 Å². The maximum absolute atomic E-state index is 14.3. The van der Waals surface area contributed by atoms with E-state index in [9.17, 15) is 4.39 Å². The summed E-state index contributed by atoms with van der Waals surface area (Å²) in [6, 6.07) is 5.73. The lowest BCUT2D eigenvalue weighted by molar-refractivity contribution is 0.237. The molecule has 114 valence electrons. The molecule has 4 heteroatoms. The summed E-state index contributed by atoms with van der Waals surface area (Å²) in [4.78, 5) is 3.52. The molecule has 0 saturated heterocycles. The molecule has 2 aromatic rings. The fourth-order valence-electron chi connectivity index (χ4n) is 2.51. The summed E-state index contributed by atoms with van der Waals surface area (Å²) in [6.07, 6.45) is 1.91. The number of hydrogen-bond acceptors (Lipinski definition) is 3. The molecule has 2 nitrogen and oxygen atoms in total. The van der Waals surface area contributed by atoms with E-state index in [0.29, 0.717) is 6.04 Å². The van der Waals surface area contributed by atoms with Crippen molar-refractivity contribution < 1.29 is 4.39 Å². The first-order valence-electron chi connectivity index (χ1n) is 7.26. The average molecular weight is 306 g/mol. The minimum Gasteiger partial charge on any atom is -0.315 e. The van der Waals surface area contributed by atoms with Crippen molar-refractivity contribution in [2.45, 2.75) is 33.0 Å². The number of benzene rings is 1. The first-order valence-corrected chi connectivity index (χ1v) is 8.08. The lowest BCUT2D eigenvalue weighted by Crippen LogP contribution is -2.30. The summed E-state index contributed by atoms with van der Waals surface area (Å²) in [5.74, 6) is -0.122. The van der Waals surface area contributed by atoms with Crippen LogP contribution in [0.5, 0.6) is 0 Å². The highest BCUT2D eigenvalue weighted by Crippen LogP contribution is 2.34. The van der Waals surface area contributed by atoms with Gasteiger partial charge in [0, 0.05) is 40.6 Å². The van der Waals surface area contributed by atoms with Gasteiger partial charge in [0.15, 0.2) is 0 Å². The van der Waals surface area contributed by atoms with Crippen LogP contribution in [0.25, 0.3) is 10.1 Å². The van der Waals surface area contributed by atoms with Gasteiger partial charge in [0.05, 0.1) is 0 Å². The summed E-state index contributed by atoms with van der Waals surface area (Å²) >= 11 is 1.68. The summed E-state index contributed by atoms with van der Waals surface area (Å²) in [7, 11) is 1.93. The zero-order chi connectivity index (χ0) is 15.4. The van der Waals surface area contributed by atoms with Crippen LogP contribution >= 0.6 is 11.3 Å². The van der Waals surface area contributed by atoms with Crippen molar-refractivity contribution in [2.24, 2.45) is 0 Å². The maximum atomic E-state index is 14.3. The summed E-state index contributed by atoms with van der Waals surface area (Å²) < 4.78 is 15.3. The SMILES string of the molecule is C=CCN(Cc1c(CNC)sc2cccc(F)c12)C(C)C. The predicted molar refractivity (Wildman–Crippen MR) is 90.3 cm³/mol. The van der Waals surface area contributed by atoms with Crippen LogP contribution < -0.4 is 5.32 Å². The van der Waals surface area contributed by atoms with Gasteiger partial charge >= 0.3 is 0 Å². The molecular formula is C17H23FN2S. The van der Waals surface area contributed by atoms with Crippen molar-refractivity contribution in [1.29, 1.82) is 0 Å². The van der Waals surface area contributed by atoms with Gasteiger partial charge in [-0.3, -0.25) is 4.90 Å². The Labute approximate surface area is 130 Å². The van der Waals surface area contributed by atoms with Gasteiger partial charge in [0.25, 0.3) is 0 Å². The minimum atomic E-state index is -0.122. The Morgan fingerprint density at radius 3 is 2.81 bits per heavy atom. The normalized spacial score (nSPS) is 11.7. The highest BCUT2D eigenvalue weighted by atomic mass is 32.1. The van der Waals surface area contributed by atoms with Gasteiger partial charge in [-0.1, -0.05) is 12.1 Å². The first-order chi connectivity index (χ1) is 10.1. The Kier molecular flexibility index (Phi) is 5.51. The van der Waals surface area contributed by atoms with Crippen LogP contribution in [0.15, 0.2) is 30.9 Å². The van der Waals surface area contributed by atoms with Crippen molar-refractivity contribution in [2.75, 3.05) is 13.6 Å². The molecule has 0 unspecified atom stereocenters. The molecule has 0 aliphatic rings. The van der Waals surface area contributed by atoms with E-state index in [1.165, 1.54) is 4.88 Å². The van der Waals surface area contributed by atoms with E-state index in [-0.39, 0.29) is 5.82 Å². The molecule has 0 bridgehead atoms. The van der Waals surface area contributed by atoms with E-state index in [1.54, 1.807) is 23.5 Å². The second-order valence-corrected chi connectivity index (χ2v) is 6.60. The smallest absolute Gasteiger partial charge is 0.132 e. The molecule has 0 atom stereocenters. The number of nitrogens with one attached hydrogen (secondary N) is 1. The van der Waals surface area contributed by atoms with E-state index < -0.39 is 0 Å². The monoisotopic (exact) mass is 306 g/mol. The van der Waals surface area contributed by atoms with Crippen molar-refractivity contribution in [3.05, 3.63) is 47.1 Å². The molecule has 1 heterocycles. The number of nitrogens with zero attached hydrogens (tertiary/aromatic N) is 1. The number of thiophene rings is 1. The molecular weight excluding hydrogens is 283 g/mol. The molecule has 1 aromatic heterocycles. The fraction of sp³-hybridized carbons (Fsp3) is 0.412. The first kappa shape index (κ1) is 16.1. The highest BCUT2D eigenvalue weighted by molar-refractivity contribution is 7.19. The van der Waals surface area contributed by atoms with Gasteiger partial charge in [-0.25, -0.2) is 4.39 Å². The van der Waals surface area contributed by atoms with Gasteiger partial charge in [-0.2, -0.15) is 0 Å². The zero-order valence-electron chi connectivity index (χ0n) is 12.9. The number of hydrogen-bond donors (Lipinski definition) is 1. The van der Waals surface area contributed by atoms with Crippen LogP contribution in [0.1, 0.15) is 24.3 Å². The summed E-state index contributed by atoms with van der Waals surface area (Å²) in [6.45, 7) is 10.5. The summed E-state index contributed by atoms with van der Waals surface area (Å²) in [5.41, 5.74) is 1.11. The van der Waals surface area contributed by atoms with Crippen LogP contribution in [0, 0.1) is 5.82 Å². The molecule has 0 saturated carbocycles. The van der Waals surface area contributed by atoms with Crippen molar-refractivity contribution >= 4 is 21.4 Å². The number of rotatable bonds is 7. The quantitative estimate of drug-likeness (QED) is 0.773. The largest absolute Gasteiger partial charge is 0.315 e. The molecule has 0 fully saturated rings. The molecule has 0 radical (unpaired) electrons. The molecule has 1 aromatic carbocycles. The predicted octanol–water partition coefficient (Wildman–Crippen LogP) is 4.16. The Hall–Kier alpha value is -1.23. The van der Waals surface area contributed by atoms with Gasteiger partial charge < -0.3 is 5.32 Å². The van der Waals surface area contributed by atoms with Gasteiger partial charge in [0.1, 0.15) is 5.82 Å². The van der Waals surface area contributed by atoms with Crippen LogP contribution in [0.3, 0.4) is 0 Å². The zero-order valence-corrected chi connectivity index (χ0v) is 13.8. The Bertz CT molecular complexity index is 619. The van der Waals surface area contributed by atoms with Crippen molar-refractivity contribution in [3.63, 3.8) is 0 Å². The fourth-order valence-corrected chi connectivity index (χ4v) is 3.75. The van der Waals surface area contributed by atoms with E-state index in [2.05, 4.69) is 30.6 Å². The lowest BCUT2D eigenvalue weighted by atomic mass is 10.1. The van der Waals surface area contributed by atoms with Gasteiger partial charge in [-0.05, 0) is 38.6 Å². The molecule has 0 spiro atoms. The third-order valence-electron chi connectivity index (χ3n) is 3.64. The molecule has 0 aliphatic heterocycles. The Morgan fingerprint density at radius 2 is 2.19 bits per heavy atom. The average Bonchev–Trinajstić information content (AvgIpc) is 2.78. The lowest BCUT2D eigenvalue weighted by Gasteiger charge is -2.25. The third-order valence-corrected chi connectivity index (χ3v) is 4.84. The highest BCUT2D eigenvalue weighted by Gasteiger charge is 2.18. The van der Waals surface area contributed by atoms with Gasteiger partial charge in [-0.15, -0.1) is 17.9 Å². The van der Waals surface area contributed by atoms with Crippen molar-refractivity contribution in [3.8, 4) is 0 Å². The summed E-state index contributed by atoms with van der Waals surface area (Å²) in [5, 5.41) is 3.97. The van der Waals surface area contributed by atoms with Crippen LogP contribution in [0.4, 0.5) is 4.39 Å². The van der Waals surface area contributed by atoms with E-state index >= 15 is 0 Å².